The number of nitrogens with zero attached hydrogens (tertiary/aromatic N) is 6. The highest BCUT2D eigenvalue weighted by atomic mass is 35.5. The minimum Gasteiger partial charge on any atom is -0.378 e. The number of hydrogen-bond acceptors (Lipinski definition) is 7. The van der Waals surface area contributed by atoms with E-state index in [-0.39, 0.29) is 16.3 Å². The van der Waals surface area contributed by atoms with Crippen molar-refractivity contribution in [2.24, 2.45) is 0 Å². The molecule has 31 heavy (non-hydrogen) atoms. The van der Waals surface area contributed by atoms with Gasteiger partial charge in [0.15, 0.2) is 5.82 Å². The summed E-state index contributed by atoms with van der Waals surface area (Å²) in [6.45, 7) is 2.46. The van der Waals surface area contributed by atoms with Gasteiger partial charge in [0.05, 0.1) is 29.4 Å². The van der Waals surface area contributed by atoms with Crippen LogP contribution in [0, 0.1) is 21.4 Å². The number of aromatic nitrogens is 3. The zero-order valence-corrected chi connectivity index (χ0v) is 17.1. The van der Waals surface area contributed by atoms with Crippen molar-refractivity contribution in [2.75, 3.05) is 31.2 Å². The summed E-state index contributed by atoms with van der Waals surface area (Å²) < 4.78 is 7.24. The van der Waals surface area contributed by atoms with Gasteiger partial charge >= 0.3 is 0 Å². The number of anilines is 1. The van der Waals surface area contributed by atoms with Crippen molar-refractivity contribution >= 4 is 34.9 Å². The Morgan fingerprint density at radius 2 is 1.94 bits per heavy atom. The molecule has 1 aromatic heterocycles. The molecule has 0 spiro atoms. The molecule has 1 fully saturated rings. The maximum atomic E-state index is 11.2. The highest BCUT2D eigenvalue weighted by Gasteiger charge is 2.23. The van der Waals surface area contributed by atoms with Crippen LogP contribution in [0.2, 0.25) is 5.02 Å². The average molecular weight is 437 g/mol. The number of para-hydroxylation sites is 1. The van der Waals surface area contributed by atoms with Gasteiger partial charge in [-0.3, -0.25) is 14.7 Å². The lowest BCUT2D eigenvalue weighted by Gasteiger charge is -2.28. The number of hydrogen-bond donors (Lipinski definition) is 0. The smallest absolute Gasteiger partial charge is 0.288 e. The summed E-state index contributed by atoms with van der Waals surface area (Å²) in [5.74, 6) is 0.945. The van der Waals surface area contributed by atoms with E-state index in [1.54, 1.807) is 6.07 Å². The number of nitro benzene ring substituents is 1. The Bertz CT molecular complexity index is 1180. The molecule has 0 bridgehead atoms. The van der Waals surface area contributed by atoms with Gasteiger partial charge in [0.2, 0.25) is 5.95 Å². The topological polar surface area (TPSA) is 110 Å². The van der Waals surface area contributed by atoms with Crippen molar-refractivity contribution in [3.05, 3.63) is 75.1 Å². The molecule has 2 heterocycles. The second-order valence-corrected chi connectivity index (χ2v) is 7.14. The molecule has 0 saturated carbocycles. The van der Waals surface area contributed by atoms with E-state index in [2.05, 4.69) is 21.2 Å². The van der Waals surface area contributed by atoms with Gasteiger partial charge in [0.1, 0.15) is 11.1 Å². The lowest BCUT2D eigenvalue weighted by atomic mass is 10.1. The average Bonchev–Trinajstić information content (AvgIpc) is 3.24. The number of benzene rings is 2. The summed E-state index contributed by atoms with van der Waals surface area (Å²) >= 11 is 5.90. The van der Waals surface area contributed by atoms with Crippen LogP contribution >= 0.6 is 11.6 Å². The summed E-state index contributed by atoms with van der Waals surface area (Å²) in [5, 5.41) is 29.8. The first-order valence-electron chi connectivity index (χ1n) is 9.48. The maximum absolute atomic E-state index is 11.2. The molecule has 0 amide bonds. The minimum absolute atomic E-state index is 0.0303. The molecule has 0 atom stereocenters. The van der Waals surface area contributed by atoms with Crippen LogP contribution in [0.3, 0.4) is 0 Å². The van der Waals surface area contributed by atoms with Gasteiger partial charge in [0.25, 0.3) is 5.69 Å². The van der Waals surface area contributed by atoms with Crippen molar-refractivity contribution in [3.8, 4) is 11.8 Å². The van der Waals surface area contributed by atoms with E-state index in [1.165, 1.54) is 18.2 Å². The first kappa shape index (κ1) is 20.5. The fraction of sp³-hybridized carbons (Fsp3) is 0.190. The molecule has 9 nitrogen and oxygen atoms in total. The normalized spacial score (nSPS) is 14.3. The Morgan fingerprint density at radius 1 is 1.19 bits per heavy atom. The lowest BCUT2D eigenvalue weighted by molar-refractivity contribution is -0.384. The van der Waals surface area contributed by atoms with Crippen LogP contribution in [-0.2, 0) is 4.74 Å². The maximum Gasteiger partial charge on any atom is 0.288 e. The van der Waals surface area contributed by atoms with E-state index in [0.717, 1.165) is 5.69 Å². The number of ether oxygens (including phenoxy) is 1. The van der Waals surface area contributed by atoms with Gasteiger partial charge in [-0.25, -0.2) is 0 Å². The van der Waals surface area contributed by atoms with Crippen LogP contribution in [0.25, 0.3) is 17.3 Å². The van der Waals surface area contributed by atoms with Gasteiger partial charge in [-0.2, -0.15) is 5.26 Å². The molecular weight excluding hydrogens is 420 g/mol. The van der Waals surface area contributed by atoms with E-state index < -0.39 is 4.92 Å². The number of morpholine rings is 1. The SMILES string of the molecule is N#C/C(=C\c1ccc(Cl)c([N+](=O)[O-])c1)c1nnc(N2CCOCC2)n1-c1ccccc1. The molecule has 0 N–H and O–H groups in total. The van der Waals surface area contributed by atoms with Crippen molar-refractivity contribution < 1.29 is 9.66 Å². The van der Waals surface area contributed by atoms with Gasteiger partial charge in [-0.15, -0.1) is 10.2 Å². The Kier molecular flexibility index (Phi) is 5.93. The largest absolute Gasteiger partial charge is 0.378 e. The van der Waals surface area contributed by atoms with E-state index >= 15 is 0 Å². The third-order valence-corrected chi connectivity index (χ3v) is 5.11. The van der Waals surface area contributed by atoms with Crippen molar-refractivity contribution in [3.63, 3.8) is 0 Å². The molecular formula is C21H17ClN6O3. The predicted octanol–water partition coefficient (Wildman–Crippen LogP) is 3.73. The molecule has 1 aliphatic rings. The van der Waals surface area contributed by atoms with Crippen LogP contribution in [0.1, 0.15) is 11.4 Å². The summed E-state index contributed by atoms with van der Waals surface area (Å²) in [4.78, 5) is 12.7. The molecule has 10 heteroatoms. The van der Waals surface area contributed by atoms with Gasteiger partial charge in [0, 0.05) is 19.2 Å². The van der Waals surface area contributed by atoms with E-state index in [0.29, 0.717) is 43.6 Å². The standard InChI is InChI=1S/C21H17ClN6O3/c22-18-7-6-15(13-19(18)28(29)30)12-16(14-23)20-24-25-21(26-8-10-31-11-9-26)27(20)17-4-2-1-3-5-17/h1-7,12-13H,8-11H2/b16-12+. The van der Waals surface area contributed by atoms with Gasteiger partial charge < -0.3 is 9.64 Å². The fourth-order valence-electron chi connectivity index (χ4n) is 3.31. The van der Waals surface area contributed by atoms with Crippen LogP contribution < -0.4 is 4.90 Å². The van der Waals surface area contributed by atoms with Crippen molar-refractivity contribution in [1.82, 2.24) is 14.8 Å². The second kappa shape index (κ2) is 8.95. The predicted molar refractivity (Wildman–Crippen MR) is 116 cm³/mol. The molecule has 3 aromatic rings. The number of nitro groups is 1. The molecule has 0 aliphatic carbocycles. The summed E-state index contributed by atoms with van der Waals surface area (Å²) in [5.41, 5.74) is 1.24. The number of nitriles is 1. The van der Waals surface area contributed by atoms with Crippen LogP contribution in [0.15, 0.2) is 48.5 Å². The number of allylic oxidation sites excluding steroid dienone is 1. The third kappa shape index (κ3) is 4.26. The molecule has 156 valence electrons. The van der Waals surface area contributed by atoms with Crippen LogP contribution in [0.4, 0.5) is 11.6 Å². The van der Waals surface area contributed by atoms with E-state index in [4.69, 9.17) is 16.3 Å². The molecule has 0 unspecified atom stereocenters. The van der Waals surface area contributed by atoms with E-state index in [1.807, 2.05) is 34.9 Å². The second-order valence-electron chi connectivity index (χ2n) is 6.73. The highest BCUT2D eigenvalue weighted by Crippen LogP contribution is 2.29. The quantitative estimate of drug-likeness (QED) is 0.340. The third-order valence-electron chi connectivity index (χ3n) is 4.79. The molecule has 1 saturated heterocycles. The van der Waals surface area contributed by atoms with E-state index in [9.17, 15) is 15.4 Å². The first-order chi connectivity index (χ1) is 15.1. The van der Waals surface area contributed by atoms with Crippen molar-refractivity contribution in [1.29, 1.82) is 5.26 Å². The van der Waals surface area contributed by atoms with Gasteiger partial charge in [-0.1, -0.05) is 35.9 Å². The summed E-state index contributed by atoms with van der Waals surface area (Å²) in [6, 6.07) is 16.0. The fourth-order valence-corrected chi connectivity index (χ4v) is 3.49. The highest BCUT2D eigenvalue weighted by molar-refractivity contribution is 6.32. The lowest BCUT2D eigenvalue weighted by Crippen LogP contribution is -2.38. The van der Waals surface area contributed by atoms with Crippen LogP contribution in [-0.4, -0.2) is 46.0 Å². The zero-order chi connectivity index (χ0) is 21.8. The number of halogens is 1. The Morgan fingerprint density at radius 3 is 2.61 bits per heavy atom. The van der Waals surface area contributed by atoms with Crippen LogP contribution in [0.5, 0.6) is 0 Å². The molecule has 2 aromatic carbocycles. The molecule has 0 radical (unpaired) electrons. The van der Waals surface area contributed by atoms with Gasteiger partial charge in [-0.05, 0) is 29.8 Å². The minimum atomic E-state index is -0.561. The Balaban J connectivity index is 1.83. The number of rotatable bonds is 5. The zero-order valence-electron chi connectivity index (χ0n) is 16.3. The Labute approximate surface area is 182 Å². The van der Waals surface area contributed by atoms with Crippen molar-refractivity contribution in [2.45, 2.75) is 0 Å². The monoisotopic (exact) mass is 436 g/mol. The molecule has 1 aliphatic heterocycles. The summed E-state index contributed by atoms with van der Waals surface area (Å²) in [6.07, 6.45) is 1.54. The first-order valence-corrected chi connectivity index (χ1v) is 9.86. The summed E-state index contributed by atoms with van der Waals surface area (Å²) in [7, 11) is 0. The Hall–Kier alpha value is -3.74. The molecule has 4 rings (SSSR count).